The van der Waals surface area contributed by atoms with Crippen LogP contribution >= 0.6 is 11.3 Å². The number of anilines is 2. The minimum Gasteiger partial charge on any atom is -0.495 e. The zero-order valence-corrected chi connectivity index (χ0v) is 15.3. The number of hydrogen-bond donors (Lipinski definition) is 2. The summed E-state index contributed by atoms with van der Waals surface area (Å²) < 4.78 is 7.13. The minimum absolute atomic E-state index is 0.211. The second-order valence-corrected chi connectivity index (χ2v) is 6.68. The first-order valence-electron chi connectivity index (χ1n) is 8.01. The fraction of sp³-hybridized carbons (Fsp3) is 0.158. The highest BCUT2D eigenvalue weighted by Crippen LogP contribution is 2.28. The van der Waals surface area contributed by atoms with Gasteiger partial charge in [0.25, 0.3) is 5.91 Å². The van der Waals surface area contributed by atoms with Crippen LogP contribution in [0.3, 0.4) is 0 Å². The Balaban J connectivity index is 1.78. The molecule has 0 saturated heterocycles. The number of hydrogen-bond acceptors (Lipinski definition) is 4. The monoisotopic (exact) mass is 369 g/mol. The molecule has 2 amide bonds. The van der Waals surface area contributed by atoms with E-state index in [-0.39, 0.29) is 11.8 Å². The molecule has 0 spiro atoms. The molecule has 0 saturated carbocycles. The molecule has 7 heteroatoms. The highest BCUT2D eigenvalue weighted by molar-refractivity contribution is 7.09. The van der Waals surface area contributed by atoms with Crippen LogP contribution in [0.5, 0.6) is 5.75 Å². The number of carbonyl (C=O) groups is 2. The molecule has 134 valence electrons. The Bertz CT molecular complexity index is 916. The molecular weight excluding hydrogens is 350 g/mol. The molecule has 0 bridgehead atoms. The number of amides is 2. The summed E-state index contributed by atoms with van der Waals surface area (Å²) in [4.78, 5) is 25.2. The summed E-state index contributed by atoms with van der Waals surface area (Å²) in [6, 6.07) is 12.8. The molecule has 2 N–H and O–H groups in total. The van der Waals surface area contributed by atoms with Crippen LogP contribution in [0.25, 0.3) is 0 Å². The van der Waals surface area contributed by atoms with Crippen LogP contribution in [-0.2, 0) is 11.3 Å². The van der Waals surface area contributed by atoms with E-state index in [1.807, 2.05) is 34.3 Å². The molecular formula is C19H19N3O3S. The highest BCUT2D eigenvalue weighted by atomic mass is 32.1. The number of nitrogens with one attached hydrogen (secondary N) is 2. The summed E-state index contributed by atoms with van der Waals surface area (Å²) in [6.45, 7) is 2.06. The van der Waals surface area contributed by atoms with Crippen molar-refractivity contribution in [2.75, 3.05) is 17.7 Å². The molecule has 1 aromatic carbocycles. The minimum atomic E-state index is -0.217. The largest absolute Gasteiger partial charge is 0.495 e. The third kappa shape index (κ3) is 4.12. The normalized spacial score (nSPS) is 10.4. The summed E-state index contributed by atoms with van der Waals surface area (Å²) in [6.07, 6.45) is 1.88. The fourth-order valence-electron chi connectivity index (χ4n) is 2.60. The quantitative estimate of drug-likeness (QED) is 0.694. The van der Waals surface area contributed by atoms with Gasteiger partial charge < -0.3 is 19.9 Å². The van der Waals surface area contributed by atoms with Crippen molar-refractivity contribution >= 4 is 34.5 Å². The molecule has 3 aromatic rings. The van der Waals surface area contributed by atoms with E-state index >= 15 is 0 Å². The number of ether oxygens (including phenoxy) is 1. The lowest BCUT2D eigenvalue weighted by atomic mass is 10.2. The predicted octanol–water partition coefficient (Wildman–Crippen LogP) is 3.82. The summed E-state index contributed by atoms with van der Waals surface area (Å²) in [7, 11) is 1.52. The molecule has 0 atom stereocenters. The van der Waals surface area contributed by atoms with E-state index in [4.69, 9.17) is 4.74 Å². The zero-order chi connectivity index (χ0) is 18.5. The van der Waals surface area contributed by atoms with Crippen molar-refractivity contribution in [3.63, 3.8) is 0 Å². The van der Waals surface area contributed by atoms with Gasteiger partial charge in [0.05, 0.1) is 19.3 Å². The molecule has 0 aliphatic carbocycles. The van der Waals surface area contributed by atoms with Gasteiger partial charge in [0, 0.05) is 23.7 Å². The van der Waals surface area contributed by atoms with Gasteiger partial charge in [-0.3, -0.25) is 9.59 Å². The van der Waals surface area contributed by atoms with Crippen LogP contribution in [-0.4, -0.2) is 23.5 Å². The number of aromatic nitrogens is 1. The van der Waals surface area contributed by atoms with Gasteiger partial charge >= 0.3 is 0 Å². The Kier molecular flexibility index (Phi) is 5.38. The second kappa shape index (κ2) is 7.88. The van der Waals surface area contributed by atoms with Crippen molar-refractivity contribution in [2.45, 2.75) is 13.5 Å². The Hall–Kier alpha value is -3.06. The number of methoxy groups -OCH3 is 1. The average Bonchev–Trinajstić information content (AvgIpc) is 3.27. The highest BCUT2D eigenvalue weighted by Gasteiger charge is 2.13. The van der Waals surface area contributed by atoms with Gasteiger partial charge in [-0.15, -0.1) is 11.3 Å². The summed E-state index contributed by atoms with van der Waals surface area (Å²) in [5.74, 6) is 0.0985. The molecule has 3 rings (SSSR count). The van der Waals surface area contributed by atoms with E-state index in [1.165, 1.54) is 18.9 Å². The van der Waals surface area contributed by atoms with Gasteiger partial charge in [0.2, 0.25) is 5.91 Å². The second-order valence-electron chi connectivity index (χ2n) is 5.65. The molecule has 0 unspecified atom stereocenters. The third-order valence-corrected chi connectivity index (χ3v) is 4.60. The molecule has 2 aromatic heterocycles. The number of carbonyl (C=O) groups excluding carboxylic acids is 2. The average molecular weight is 369 g/mol. The van der Waals surface area contributed by atoms with Gasteiger partial charge in [0.15, 0.2) is 0 Å². The van der Waals surface area contributed by atoms with Gasteiger partial charge in [-0.2, -0.15) is 0 Å². The van der Waals surface area contributed by atoms with Crippen molar-refractivity contribution in [3.05, 3.63) is 64.6 Å². The van der Waals surface area contributed by atoms with Gasteiger partial charge in [-0.05, 0) is 41.8 Å². The Morgan fingerprint density at radius 3 is 2.69 bits per heavy atom. The molecule has 0 aliphatic heterocycles. The molecule has 0 radical (unpaired) electrons. The van der Waals surface area contributed by atoms with E-state index in [9.17, 15) is 9.59 Å². The van der Waals surface area contributed by atoms with Crippen molar-refractivity contribution in [3.8, 4) is 5.75 Å². The smallest absolute Gasteiger partial charge is 0.272 e. The maximum atomic E-state index is 12.7. The SMILES string of the molecule is COc1ccc(NC(=O)c2cccn2Cc2cccs2)cc1NC(C)=O. The Morgan fingerprint density at radius 1 is 1.15 bits per heavy atom. The maximum Gasteiger partial charge on any atom is 0.272 e. The van der Waals surface area contributed by atoms with Crippen LogP contribution in [0.15, 0.2) is 54.0 Å². The molecule has 6 nitrogen and oxygen atoms in total. The van der Waals surface area contributed by atoms with Crippen LogP contribution in [0.2, 0.25) is 0 Å². The molecule has 0 aliphatic rings. The number of benzene rings is 1. The molecule has 2 heterocycles. The number of thiophene rings is 1. The maximum absolute atomic E-state index is 12.7. The Labute approximate surface area is 155 Å². The third-order valence-electron chi connectivity index (χ3n) is 3.74. The first-order valence-corrected chi connectivity index (χ1v) is 8.89. The lowest BCUT2D eigenvalue weighted by molar-refractivity contribution is -0.114. The van der Waals surface area contributed by atoms with Crippen molar-refractivity contribution < 1.29 is 14.3 Å². The van der Waals surface area contributed by atoms with Crippen LogP contribution in [0, 0.1) is 0 Å². The van der Waals surface area contributed by atoms with E-state index in [0.29, 0.717) is 29.4 Å². The topological polar surface area (TPSA) is 72.4 Å². The first kappa shape index (κ1) is 17.8. The summed E-state index contributed by atoms with van der Waals surface area (Å²) in [5.41, 5.74) is 1.64. The number of nitrogens with zero attached hydrogens (tertiary/aromatic N) is 1. The van der Waals surface area contributed by atoms with Crippen LogP contribution in [0.4, 0.5) is 11.4 Å². The van der Waals surface area contributed by atoms with Crippen LogP contribution in [0.1, 0.15) is 22.3 Å². The number of rotatable bonds is 6. The van der Waals surface area contributed by atoms with E-state index in [1.54, 1.807) is 35.6 Å². The fourth-order valence-corrected chi connectivity index (χ4v) is 3.30. The van der Waals surface area contributed by atoms with E-state index in [2.05, 4.69) is 10.6 Å². The van der Waals surface area contributed by atoms with E-state index < -0.39 is 0 Å². The van der Waals surface area contributed by atoms with Crippen LogP contribution < -0.4 is 15.4 Å². The first-order chi connectivity index (χ1) is 12.6. The lowest BCUT2D eigenvalue weighted by Gasteiger charge is -2.13. The van der Waals surface area contributed by atoms with Gasteiger partial charge in [0.1, 0.15) is 11.4 Å². The summed E-state index contributed by atoms with van der Waals surface area (Å²) in [5, 5.41) is 7.57. The van der Waals surface area contributed by atoms with Gasteiger partial charge in [-0.1, -0.05) is 6.07 Å². The van der Waals surface area contributed by atoms with Crippen molar-refractivity contribution in [1.29, 1.82) is 0 Å². The molecule has 0 fully saturated rings. The van der Waals surface area contributed by atoms with Gasteiger partial charge in [-0.25, -0.2) is 0 Å². The lowest BCUT2D eigenvalue weighted by Crippen LogP contribution is -2.17. The predicted molar refractivity (Wildman–Crippen MR) is 103 cm³/mol. The van der Waals surface area contributed by atoms with E-state index in [0.717, 1.165) is 0 Å². The van der Waals surface area contributed by atoms with Crippen molar-refractivity contribution in [1.82, 2.24) is 4.57 Å². The summed E-state index contributed by atoms with van der Waals surface area (Å²) >= 11 is 1.65. The van der Waals surface area contributed by atoms with Crippen molar-refractivity contribution in [2.24, 2.45) is 0 Å². The molecule has 26 heavy (non-hydrogen) atoms. The Morgan fingerprint density at radius 2 is 2.00 bits per heavy atom. The standard InChI is InChI=1S/C19H19N3O3S/c1-13(23)20-16-11-14(7-8-18(16)25-2)21-19(24)17-6-3-9-22(17)12-15-5-4-10-26-15/h3-11H,12H2,1-2H3,(H,20,23)(H,21,24). The zero-order valence-electron chi connectivity index (χ0n) is 14.5.